The fraction of sp³-hybridized carbons (Fsp3) is 0.838. The number of hydrogen-bond acceptors (Lipinski definition) is 0. The fourth-order valence-corrected chi connectivity index (χ4v) is 6.29. The Morgan fingerprint density at radius 2 is 0.763 bits per heavy atom. The molecule has 0 aliphatic rings. The van der Waals surface area contributed by atoms with Crippen LogP contribution in [-0.2, 0) is 6.54 Å². The van der Waals surface area contributed by atoms with Gasteiger partial charge in [-0.15, -0.1) is 0 Å². The highest BCUT2D eigenvalue weighted by Crippen LogP contribution is 2.25. The molecule has 0 radical (unpaired) electrons. The maximum absolute atomic E-state index is 2.49. The predicted octanol–water partition coefficient (Wildman–Crippen LogP) is 12.4. The third-order valence-corrected chi connectivity index (χ3v) is 8.95. The number of unbranched alkanes of at least 4 members (excludes halogenated alkanes) is 21. The summed E-state index contributed by atoms with van der Waals surface area (Å²) in [5, 5.41) is 0. The van der Waals surface area contributed by atoms with Crippen molar-refractivity contribution in [1.82, 2.24) is 0 Å². The van der Waals surface area contributed by atoms with E-state index in [1.807, 2.05) is 0 Å². The van der Waals surface area contributed by atoms with Gasteiger partial charge in [-0.2, -0.15) is 0 Å². The Hall–Kier alpha value is -0.820. The molecule has 0 heterocycles. The van der Waals surface area contributed by atoms with Crippen molar-refractivity contribution in [3.63, 3.8) is 0 Å². The molecule has 1 atom stereocenters. The second-order valence-corrected chi connectivity index (χ2v) is 13.1. The summed E-state index contributed by atoms with van der Waals surface area (Å²) in [6.45, 7) is 5.79. The molecule has 0 bridgehead atoms. The van der Waals surface area contributed by atoms with E-state index in [1.54, 1.807) is 0 Å². The monoisotopic (exact) mass is 529 g/mol. The molecule has 1 nitrogen and oxygen atoms in total. The molecule has 1 rings (SSSR count). The van der Waals surface area contributed by atoms with E-state index < -0.39 is 0 Å². The van der Waals surface area contributed by atoms with Gasteiger partial charge in [0.05, 0.1) is 20.1 Å². The van der Waals surface area contributed by atoms with Crippen molar-refractivity contribution in [1.29, 1.82) is 0 Å². The highest BCUT2D eigenvalue weighted by Gasteiger charge is 2.27. The molecule has 222 valence electrons. The Bertz CT molecular complexity index is 592. The van der Waals surface area contributed by atoms with Crippen molar-refractivity contribution < 1.29 is 4.48 Å². The van der Waals surface area contributed by atoms with Crippen LogP contribution >= 0.6 is 0 Å². The van der Waals surface area contributed by atoms with Gasteiger partial charge >= 0.3 is 0 Å². The second-order valence-electron chi connectivity index (χ2n) is 13.1. The van der Waals surface area contributed by atoms with Crippen LogP contribution in [0.15, 0.2) is 30.3 Å². The van der Waals surface area contributed by atoms with Gasteiger partial charge in [-0.3, -0.25) is 0 Å². The lowest BCUT2D eigenvalue weighted by molar-refractivity contribution is -0.928. The van der Waals surface area contributed by atoms with Crippen LogP contribution in [0.2, 0.25) is 0 Å². The summed E-state index contributed by atoms with van der Waals surface area (Å²) in [7, 11) is 4.99. The molecule has 38 heavy (non-hydrogen) atoms. The maximum Gasteiger partial charge on any atom is 0.104 e. The average molecular weight is 529 g/mol. The summed E-state index contributed by atoms with van der Waals surface area (Å²) < 4.78 is 1.15. The van der Waals surface area contributed by atoms with Gasteiger partial charge in [0.2, 0.25) is 0 Å². The molecule has 1 heteroatoms. The van der Waals surface area contributed by atoms with E-state index in [0.717, 1.165) is 10.5 Å². The lowest BCUT2D eigenvalue weighted by Crippen LogP contribution is -2.48. The molecule has 0 aliphatic carbocycles. The summed E-state index contributed by atoms with van der Waals surface area (Å²) in [6.07, 6.45) is 36.1. The standard InChI is InChI=1S/C37H70N/c1-5-7-9-11-13-15-16-17-18-19-20-21-23-25-30-34-37(33-29-24-22-14-12-10-8-6-2)38(3,4)35-36-31-27-26-28-32-36/h26-28,31-32,37H,5-25,29-30,33-35H2,1-4H3/q+1. The van der Waals surface area contributed by atoms with Crippen LogP contribution in [0.25, 0.3) is 0 Å². The Balaban J connectivity index is 2.21. The SMILES string of the molecule is CCCCCCCCCCCCCCCCCC(CCCCCCCCCC)[N+](C)(C)Cc1ccccc1. The fourth-order valence-electron chi connectivity index (χ4n) is 6.29. The van der Waals surface area contributed by atoms with Crippen molar-refractivity contribution in [3.8, 4) is 0 Å². The van der Waals surface area contributed by atoms with E-state index >= 15 is 0 Å². The van der Waals surface area contributed by atoms with Crippen LogP contribution in [-0.4, -0.2) is 24.6 Å². The van der Waals surface area contributed by atoms with Gasteiger partial charge in [0.15, 0.2) is 0 Å². The molecule has 0 N–H and O–H groups in total. The topological polar surface area (TPSA) is 0 Å². The van der Waals surface area contributed by atoms with Gasteiger partial charge in [0.1, 0.15) is 6.54 Å². The minimum absolute atomic E-state index is 0.803. The lowest BCUT2D eigenvalue weighted by atomic mass is 9.96. The molecule has 0 saturated carbocycles. The average Bonchev–Trinajstić information content (AvgIpc) is 2.91. The quantitative estimate of drug-likeness (QED) is 0.0749. The third-order valence-electron chi connectivity index (χ3n) is 8.95. The first-order chi connectivity index (χ1) is 18.6. The first kappa shape index (κ1) is 35.2. The van der Waals surface area contributed by atoms with Crippen LogP contribution in [0.3, 0.4) is 0 Å². The van der Waals surface area contributed by atoms with Crippen LogP contribution in [0.5, 0.6) is 0 Å². The molecule has 0 fully saturated rings. The number of hydrogen-bond donors (Lipinski definition) is 0. The van der Waals surface area contributed by atoms with Gasteiger partial charge < -0.3 is 4.48 Å². The number of rotatable bonds is 28. The molecule has 0 aromatic heterocycles. The first-order valence-corrected chi connectivity index (χ1v) is 17.5. The second kappa shape index (κ2) is 25.2. The van der Waals surface area contributed by atoms with Crippen LogP contribution < -0.4 is 0 Å². The van der Waals surface area contributed by atoms with E-state index in [1.165, 1.54) is 173 Å². The maximum atomic E-state index is 2.49. The van der Waals surface area contributed by atoms with E-state index in [2.05, 4.69) is 58.3 Å². The summed E-state index contributed by atoms with van der Waals surface area (Å²) in [5.41, 5.74) is 1.50. The molecule has 0 spiro atoms. The summed E-state index contributed by atoms with van der Waals surface area (Å²) >= 11 is 0. The van der Waals surface area contributed by atoms with Crippen molar-refractivity contribution in [2.24, 2.45) is 0 Å². The van der Waals surface area contributed by atoms with Gasteiger partial charge in [-0.25, -0.2) is 0 Å². The van der Waals surface area contributed by atoms with Crippen molar-refractivity contribution in [2.45, 2.75) is 187 Å². The smallest absolute Gasteiger partial charge is 0.104 e. The van der Waals surface area contributed by atoms with E-state index in [4.69, 9.17) is 0 Å². The number of nitrogens with zero attached hydrogens (tertiary/aromatic N) is 1. The van der Waals surface area contributed by atoms with Gasteiger partial charge in [-0.05, 0) is 25.7 Å². The Morgan fingerprint density at radius 3 is 1.11 bits per heavy atom. The van der Waals surface area contributed by atoms with Crippen molar-refractivity contribution in [3.05, 3.63) is 35.9 Å². The minimum Gasteiger partial charge on any atom is -0.322 e. The van der Waals surface area contributed by atoms with Crippen molar-refractivity contribution >= 4 is 0 Å². The van der Waals surface area contributed by atoms with Crippen LogP contribution in [0, 0.1) is 0 Å². The van der Waals surface area contributed by atoms with Gasteiger partial charge in [0, 0.05) is 5.56 Å². The highest BCUT2D eigenvalue weighted by molar-refractivity contribution is 5.13. The Kier molecular flexibility index (Phi) is 23.3. The van der Waals surface area contributed by atoms with Crippen molar-refractivity contribution in [2.75, 3.05) is 14.1 Å². The summed E-state index contributed by atoms with van der Waals surface area (Å²) in [6, 6.07) is 12.0. The lowest BCUT2D eigenvalue weighted by Gasteiger charge is -2.39. The van der Waals surface area contributed by atoms with E-state index in [0.29, 0.717) is 0 Å². The minimum atomic E-state index is 0.803. The van der Waals surface area contributed by atoms with E-state index in [-0.39, 0.29) is 0 Å². The van der Waals surface area contributed by atoms with Gasteiger partial charge in [0.25, 0.3) is 0 Å². The third kappa shape index (κ3) is 20.1. The Labute approximate surface area is 241 Å². The summed E-state index contributed by atoms with van der Waals surface area (Å²) in [5.74, 6) is 0. The molecule has 1 aromatic rings. The molecule has 0 saturated heterocycles. The summed E-state index contributed by atoms with van der Waals surface area (Å²) in [4.78, 5) is 0. The zero-order valence-electron chi connectivity index (χ0n) is 26.8. The molecule has 0 aliphatic heterocycles. The molecule has 1 unspecified atom stereocenters. The molecular formula is C37H70N+. The number of quaternary nitrogens is 1. The zero-order chi connectivity index (χ0) is 27.6. The molecule has 0 amide bonds. The first-order valence-electron chi connectivity index (χ1n) is 17.5. The number of benzene rings is 1. The predicted molar refractivity (Wildman–Crippen MR) is 173 cm³/mol. The normalized spacial score (nSPS) is 12.7. The molecular weight excluding hydrogens is 458 g/mol. The highest BCUT2D eigenvalue weighted by atomic mass is 15.3. The van der Waals surface area contributed by atoms with E-state index in [9.17, 15) is 0 Å². The van der Waals surface area contributed by atoms with Crippen LogP contribution in [0.4, 0.5) is 0 Å². The van der Waals surface area contributed by atoms with Gasteiger partial charge in [-0.1, -0.05) is 179 Å². The van der Waals surface area contributed by atoms with Crippen LogP contribution in [0.1, 0.15) is 180 Å². The zero-order valence-corrected chi connectivity index (χ0v) is 26.8. The Morgan fingerprint density at radius 1 is 0.447 bits per heavy atom. The molecule has 1 aromatic carbocycles. The largest absolute Gasteiger partial charge is 0.322 e.